The van der Waals surface area contributed by atoms with Gasteiger partial charge in [0.15, 0.2) is 0 Å². The van der Waals surface area contributed by atoms with Gasteiger partial charge in [0, 0.05) is 23.3 Å². The Morgan fingerprint density at radius 2 is 1.92 bits per heavy atom. The van der Waals surface area contributed by atoms with Crippen LogP contribution in [0.15, 0.2) is 48.8 Å². The van der Waals surface area contributed by atoms with E-state index in [0.29, 0.717) is 42.3 Å². The van der Waals surface area contributed by atoms with Gasteiger partial charge in [-0.05, 0) is 59.9 Å². The highest BCUT2D eigenvalue weighted by atomic mass is 35.5. The number of hydrogen-bond donors (Lipinski definition) is 3. The minimum Gasteiger partial charge on any atom is -0.340 e. The van der Waals surface area contributed by atoms with Crippen LogP contribution in [-0.4, -0.2) is 31.3 Å². The summed E-state index contributed by atoms with van der Waals surface area (Å²) in [5, 5.41) is 7.40. The van der Waals surface area contributed by atoms with Crippen LogP contribution in [0.4, 0.5) is 11.5 Å². The van der Waals surface area contributed by atoms with Crippen LogP contribution in [0, 0.1) is 0 Å². The minimum atomic E-state index is -0.593. The third kappa shape index (κ3) is 2.59. The van der Waals surface area contributed by atoms with E-state index in [9.17, 15) is 9.59 Å². The molecule has 1 spiro atoms. The van der Waals surface area contributed by atoms with E-state index in [4.69, 9.17) is 16.6 Å². The molecule has 0 saturated carbocycles. The molecule has 2 aliphatic heterocycles. The van der Waals surface area contributed by atoms with Crippen molar-refractivity contribution in [1.29, 1.82) is 0 Å². The third-order valence-corrected chi connectivity index (χ3v) is 8.15. The number of aromatic nitrogens is 4. The molecule has 3 aromatic heterocycles. The maximum absolute atomic E-state index is 13.0. The highest BCUT2D eigenvalue weighted by Gasteiger charge is 2.51. The number of H-pyrrole nitrogens is 1. The van der Waals surface area contributed by atoms with Crippen molar-refractivity contribution in [2.75, 3.05) is 10.6 Å². The lowest BCUT2D eigenvalue weighted by Crippen LogP contribution is -2.35. The van der Waals surface area contributed by atoms with Gasteiger partial charge in [-0.15, -0.1) is 0 Å². The summed E-state index contributed by atoms with van der Waals surface area (Å²) in [5.74, 6) is 1.46. The van der Waals surface area contributed by atoms with Crippen molar-refractivity contribution in [1.82, 2.24) is 19.5 Å². The quantitative estimate of drug-likeness (QED) is 0.343. The molecule has 3 aliphatic rings. The number of anilines is 2. The average molecular weight is 495 g/mol. The fourth-order valence-electron chi connectivity index (χ4n) is 6.26. The lowest BCUT2D eigenvalue weighted by Gasteiger charge is -2.20. The first kappa shape index (κ1) is 20.1. The molecule has 1 unspecified atom stereocenters. The maximum atomic E-state index is 13.0. The summed E-state index contributed by atoms with van der Waals surface area (Å²) in [5.41, 5.74) is 7.18. The third-order valence-electron chi connectivity index (χ3n) is 7.84. The Kier molecular flexibility index (Phi) is 3.75. The second kappa shape index (κ2) is 6.73. The number of nitrogens with one attached hydrogen (secondary N) is 3. The molecular formula is C27H19ClN6O2. The number of hydrogen-bond acceptors (Lipinski definition) is 4. The van der Waals surface area contributed by atoms with Crippen LogP contribution in [0.2, 0.25) is 5.02 Å². The Balaban J connectivity index is 1.16. The van der Waals surface area contributed by atoms with E-state index in [1.807, 2.05) is 30.5 Å². The SMILES string of the molecule is O=C1Cc2cn(Cc3nc4cc5c(cc4[nH]3)CC3(C5)C(=O)Nc4ncccc43)c3ccc(Cl)c(c23)N1. The second-order valence-corrected chi connectivity index (χ2v) is 10.3. The van der Waals surface area contributed by atoms with Crippen LogP contribution in [0.25, 0.3) is 21.9 Å². The summed E-state index contributed by atoms with van der Waals surface area (Å²) in [6.45, 7) is 0.538. The predicted octanol–water partition coefficient (Wildman–Crippen LogP) is 4.10. The first-order valence-corrected chi connectivity index (χ1v) is 12.2. The van der Waals surface area contributed by atoms with Gasteiger partial charge < -0.3 is 20.2 Å². The number of imidazole rings is 1. The Morgan fingerprint density at radius 3 is 2.81 bits per heavy atom. The number of aromatic amines is 1. The summed E-state index contributed by atoms with van der Waals surface area (Å²) in [4.78, 5) is 37.9. The van der Waals surface area contributed by atoms with Gasteiger partial charge in [-0.25, -0.2) is 9.97 Å². The molecule has 1 atom stereocenters. The first-order valence-electron chi connectivity index (χ1n) is 11.9. The molecule has 176 valence electrons. The van der Waals surface area contributed by atoms with E-state index < -0.39 is 5.41 Å². The van der Waals surface area contributed by atoms with Crippen LogP contribution >= 0.6 is 11.6 Å². The number of nitrogens with zero attached hydrogens (tertiary/aromatic N) is 3. The van der Waals surface area contributed by atoms with Crippen LogP contribution < -0.4 is 10.6 Å². The number of carbonyl (C=O) groups excluding carboxylic acids is 2. The van der Waals surface area contributed by atoms with Crippen molar-refractivity contribution in [3.63, 3.8) is 0 Å². The summed E-state index contributed by atoms with van der Waals surface area (Å²) >= 11 is 6.36. The molecule has 2 aromatic carbocycles. The van der Waals surface area contributed by atoms with Crippen LogP contribution in [0.3, 0.4) is 0 Å². The lowest BCUT2D eigenvalue weighted by atomic mass is 9.79. The normalized spacial score (nSPS) is 17.0. The summed E-state index contributed by atoms with van der Waals surface area (Å²) in [6, 6.07) is 11.9. The summed E-state index contributed by atoms with van der Waals surface area (Å²) < 4.78 is 2.11. The number of fused-ring (bicyclic) bond motifs is 4. The van der Waals surface area contributed by atoms with Crippen molar-refractivity contribution in [2.24, 2.45) is 0 Å². The molecule has 5 aromatic rings. The molecule has 2 amide bonds. The zero-order valence-electron chi connectivity index (χ0n) is 19.0. The summed E-state index contributed by atoms with van der Waals surface area (Å²) in [7, 11) is 0. The number of carbonyl (C=O) groups is 2. The van der Waals surface area contributed by atoms with E-state index in [1.54, 1.807) is 6.20 Å². The van der Waals surface area contributed by atoms with Gasteiger partial charge >= 0.3 is 0 Å². The van der Waals surface area contributed by atoms with E-state index in [-0.39, 0.29) is 11.8 Å². The van der Waals surface area contributed by atoms with E-state index in [1.165, 1.54) is 0 Å². The largest absolute Gasteiger partial charge is 0.340 e. The first-order chi connectivity index (χ1) is 17.5. The van der Waals surface area contributed by atoms with E-state index in [2.05, 4.69) is 37.3 Å². The Morgan fingerprint density at radius 1 is 1.06 bits per heavy atom. The topological polar surface area (TPSA) is 105 Å². The number of benzene rings is 2. The Bertz CT molecular complexity index is 1770. The molecule has 8 nitrogen and oxygen atoms in total. The molecule has 0 saturated heterocycles. The van der Waals surface area contributed by atoms with Crippen molar-refractivity contribution in [3.8, 4) is 0 Å². The van der Waals surface area contributed by atoms with Crippen molar-refractivity contribution >= 4 is 56.9 Å². The number of pyridine rings is 1. The molecule has 1 aliphatic carbocycles. The van der Waals surface area contributed by atoms with Gasteiger partial charge in [0.2, 0.25) is 11.8 Å². The van der Waals surface area contributed by atoms with Gasteiger partial charge in [0.05, 0.1) is 45.6 Å². The predicted molar refractivity (Wildman–Crippen MR) is 136 cm³/mol. The van der Waals surface area contributed by atoms with Gasteiger partial charge in [-0.1, -0.05) is 17.7 Å². The number of rotatable bonds is 2. The van der Waals surface area contributed by atoms with Gasteiger partial charge in [-0.3, -0.25) is 9.59 Å². The lowest BCUT2D eigenvalue weighted by molar-refractivity contribution is -0.120. The maximum Gasteiger partial charge on any atom is 0.237 e. The van der Waals surface area contributed by atoms with E-state index in [0.717, 1.165) is 50.0 Å². The Labute approximate surface area is 209 Å². The zero-order valence-corrected chi connectivity index (χ0v) is 19.7. The molecule has 0 bridgehead atoms. The molecule has 5 heterocycles. The zero-order chi connectivity index (χ0) is 24.2. The standard InChI is InChI=1S/C27H19ClN6O2/c28-17-3-4-20-23-15(8-22(35)32-24(17)23)11-34(20)12-21-30-18-6-13-9-27(10-14(13)7-19(18)31-21)16-2-1-5-29-25(16)33-26(27)36/h1-7,11H,8-10,12H2,(H,30,31)(H,32,35)(H,29,33,36). The highest BCUT2D eigenvalue weighted by Crippen LogP contribution is 2.47. The van der Waals surface area contributed by atoms with Gasteiger partial charge in [-0.2, -0.15) is 0 Å². The molecule has 8 rings (SSSR count). The van der Waals surface area contributed by atoms with Crippen LogP contribution in [-0.2, 0) is 40.8 Å². The van der Waals surface area contributed by atoms with Crippen molar-refractivity contribution < 1.29 is 9.59 Å². The molecule has 0 fully saturated rings. The minimum absolute atomic E-state index is 0.0183. The van der Waals surface area contributed by atoms with E-state index >= 15 is 0 Å². The molecule has 9 heteroatoms. The average Bonchev–Trinajstić information content (AvgIpc) is 3.58. The van der Waals surface area contributed by atoms with Crippen LogP contribution in [0.5, 0.6) is 0 Å². The number of halogens is 1. The summed E-state index contributed by atoms with van der Waals surface area (Å²) in [6.07, 6.45) is 5.34. The number of amides is 2. The molecule has 36 heavy (non-hydrogen) atoms. The highest BCUT2D eigenvalue weighted by molar-refractivity contribution is 6.36. The Hall–Kier alpha value is -4.17. The van der Waals surface area contributed by atoms with Gasteiger partial charge in [0.1, 0.15) is 11.6 Å². The van der Waals surface area contributed by atoms with Crippen LogP contribution in [0.1, 0.15) is 28.1 Å². The molecule has 3 N–H and O–H groups in total. The molecular weight excluding hydrogens is 476 g/mol. The van der Waals surface area contributed by atoms with Crippen molar-refractivity contribution in [2.45, 2.75) is 31.2 Å². The van der Waals surface area contributed by atoms with Crippen molar-refractivity contribution in [3.05, 3.63) is 81.9 Å². The second-order valence-electron chi connectivity index (χ2n) is 9.93. The van der Waals surface area contributed by atoms with Gasteiger partial charge in [0.25, 0.3) is 0 Å². The smallest absolute Gasteiger partial charge is 0.237 e. The fraction of sp³-hybridized carbons (Fsp3) is 0.185. The fourth-order valence-corrected chi connectivity index (χ4v) is 6.47. The molecule has 0 radical (unpaired) electrons. The monoisotopic (exact) mass is 494 g/mol.